The van der Waals surface area contributed by atoms with Crippen molar-refractivity contribution in [2.75, 3.05) is 21.3 Å². The van der Waals surface area contributed by atoms with Gasteiger partial charge in [0.25, 0.3) is 5.91 Å². The van der Waals surface area contributed by atoms with E-state index in [1.54, 1.807) is 18.2 Å². The third-order valence-corrected chi connectivity index (χ3v) is 5.09. The lowest BCUT2D eigenvalue weighted by Gasteiger charge is -2.32. The molecule has 1 heterocycles. The highest BCUT2D eigenvalue weighted by Gasteiger charge is 2.38. The minimum Gasteiger partial charge on any atom is -0.493 e. The molecule has 0 radical (unpaired) electrons. The van der Waals surface area contributed by atoms with Gasteiger partial charge in [-0.25, -0.2) is 5.43 Å². The molecule has 0 saturated heterocycles. The van der Waals surface area contributed by atoms with E-state index < -0.39 is 18.1 Å². The molecule has 3 aromatic rings. The van der Waals surface area contributed by atoms with Crippen LogP contribution in [0, 0.1) is 0 Å². The number of nitrogens with one attached hydrogen (secondary N) is 1. The SMILES string of the molecule is COc1cc(/C=N\NC(=O)[C@@H]2Oc3ccccc3O[C@@H]2c2ccccc2)cc(OC)c1OC. The fourth-order valence-corrected chi connectivity index (χ4v) is 3.53. The van der Waals surface area contributed by atoms with Gasteiger partial charge in [0.15, 0.2) is 29.1 Å². The van der Waals surface area contributed by atoms with Crippen molar-refractivity contribution in [2.45, 2.75) is 12.2 Å². The Morgan fingerprint density at radius 2 is 1.48 bits per heavy atom. The number of benzene rings is 3. The number of hydrazone groups is 1. The van der Waals surface area contributed by atoms with Crippen LogP contribution in [-0.2, 0) is 4.79 Å². The van der Waals surface area contributed by atoms with Gasteiger partial charge in [-0.1, -0.05) is 42.5 Å². The molecule has 8 heteroatoms. The zero-order chi connectivity index (χ0) is 23.2. The smallest absolute Gasteiger partial charge is 0.285 e. The van der Waals surface area contributed by atoms with E-state index in [9.17, 15) is 4.79 Å². The summed E-state index contributed by atoms with van der Waals surface area (Å²) in [7, 11) is 4.59. The highest BCUT2D eigenvalue weighted by atomic mass is 16.6. The van der Waals surface area contributed by atoms with Crippen LogP contribution in [0.5, 0.6) is 28.7 Å². The van der Waals surface area contributed by atoms with Gasteiger partial charge in [-0.05, 0) is 29.8 Å². The lowest BCUT2D eigenvalue weighted by Crippen LogP contribution is -2.44. The molecule has 1 N–H and O–H groups in total. The topological polar surface area (TPSA) is 87.6 Å². The van der Waals surface area contributed by atoms with Crippen molar-refractivity contribution < 1.29 is 28.5 Å². The maximum atomic E-state index is 13.0. The van der Waals surface area contributed by atoms with Gasteiger partial charge in [0, 0.05) is 5.56 Å². The molecular formula is C25H24N2O6. The molecule has 0 aromatic heterocycles. The van der Waals surface area contributed by atoms with Crippen molar-refractivity contribution in [3.05, 3.63) is 77.9 Å². The second kappa shape index (κ2) is 9.95. The standard InChI is InChI=1S/C25H24N2O6/c1-29-20-13-16(14-21(30-2)23(20)31-3)15-26-27-25(28)24-22(17-9-5-4-6-10-17)32-18-11-7-8-12-19(18)33-24/h4-15,22,24H,1-3H3,(H,27,28)/b26-15-/t22-,24-/m1/s1. The Hall–Kier alpha value is -4.20. The van der Waals surface area contributed by atoms with Crippen molar-refractivity contribution in [1.82, 2.24) is 5.43 Å². The first kappa shape index (κ1) is 22.0. The van der Waals surface area contributed by atoms with Crippen LogP contribution in [0.15, 0.2) is 71.8 Å². The predicted octanol–water partition coefficient (Wildman–Crippen LogP) is 3.74. The first-order chi connectivity index (χ1) is 16.1. The molecule has 0 spiro atoms. The Bertz CT molecular complexity index is 1120. The molecule has 0 saturated carbocycles. The summed E-state index contributed by atoms with van der Waals surface area (Å²) in [5.41, 5.74) is 4.02. The molecule has 33 heavy (non-hydrogen) atoms. The molecule has 1 aliphatic rings. The van der Waals surface area contributed by atoms with Crippen LogP contribution >= 0.6 is 0 Å². The van der Waals surface area contributed by atoms with Crippen LogP contribution in [0.4, 0.5) is 0 Å². The molecule has 170 valence electrons. The lowest BCUT2D eigenvalue weighted by atomic mass is 10.0. The molecule has 2 atom stereocenters. The number of fused-ring (bicyclic) bond motifs is 1. The lowest BCUT2D eigenvalue weighted by molar-refractivity contribution is -0.134. The van der Waals surface area contributed by atoms with Gasteiger partial charge >= 0.3 is 0 Å². The number of amides is 1. The number of ether oxygens (including phenoxy) is 5. The van der Waals surface area contributed by atoms with E-state index >= 15 is 0 Å². The van der Waals surface area contributed by atoms with E-state index in [0.717, 1.165) is 5.56 Å². The summed E-state index contributed by atoms with van der Waals surface area (Å²) in [5.74, 6) is 2.07. The van der Waals surface area contributed by atoms with Gasteiger partial charge in [0.1, 0.15) is 0 Å². The highest BCUT2D eigenvalue weighted by molar-refractivity contribution is 5.86. The molecule has 0 bridgehead atoms. The molecule has 0 aliphatic carbocycles. The summed E-state index contributed by atoms with van der Waals surface area (Å²) in [6.07, 6.45) is -0.0748. The number of carbonyl (C=O) groups is 1. The van der Waals surface area contributed by atoms with Crippen LogP contribution in [-0.4, -0.2) is 39.6 Å². The molecular weight excluding hydrogens is 424 g/mol. The predicted molar refractivity (Wildman–Crippen MR) is 123 cm³/mol. The fraction of sp³-hybridized carbons (Fsp3) is 0.200. The Morgan fingerprint density at radius 3 is 2.09 bits per heavy atom. The number of para-hydroxylation sites is 2. The fourth-order valence-electron chi connectivity index (χ4n) is 3.53. The minimum absolute atomic E-state index is 0.443. The molecule has 8 nitrogen and oxygen atoms in total. The average Bonchev–Trinajstić information content (AvgIpc) is 2.87. The molecule has 3 aromatic carbocycles. The summed E-state index contributed by atoms with van der Waals surface area (Å²) >= 11 is 0. The third-order valence-electron chi connectivity index (χ3n) is 5.09. The maximum Gasteiger partial charge on any atom is 0.285 e. The highest BCUT2D eigenvalue weighted by Crippen LogP contribution is 2.39. The van der Waals surface area contributed by atoms with Crippen LogP contribution in [0.1, 0.15) is 17.2 Å². The average molecular weight is 448 g/mol. The summed E-state index contributed by atoms with van der Waals surface area (Å²) < 4.78 is 28.1. The van der Waals surface area contributed by atoms with E-state index in [1.165, 1.54) is 27.5 Å². The van der Waals surface area contributed by atoms with Gasteiger partial charge in [-0.15, -0.1) is 0 Å². The van der Waals surface area contributed by atoms with Crippen LogP contribution in [0.25, 0.3) is 0 Å². The third kappa shape index (κ3) is 4.69. The molecule has 0 unspecified atom stereocenters. The quantitative estimate of drug-likeness (QED) is 0.438. The van der Waals surface area contributed by atoms with Gasteiger partial charge in [-0.3, -0.25) is 4.79 Å². The van der Waals surface area contributed by atoms with E-state index in [2.05, 4.69) is 10.5 Å². The van der Waals surface area contributed by atoms with Crippen molar-refractivity contribution in [1.29, 1.82) is 0 Å². The Balaban J connectivity index is 1.55. The van der Waals surface area contributed by atoms with Crippen molar-refractivity contribution in [3.8, 4) is 28.7 Å². The maximum absolute atomic E-state index is 13.0. The monoisotopic (exact) mass is 448 g/mol. The minimum atomic E-state index is -0.931. The summed E-state index contributed by atoms with van der Waals surface area (Å²) in [4.78, 5) is 13.0. The summed E-state index contributed by atoms with van der Waals surface area (Å²) in [6, 6.07) is 20.1. The van der Waals surface area contributed by atoms with Crippen molar-refractivity contribution >= 4 is 12.1 Å². The van der Waals surface area contributed by atoms with Gasteiger partial charge < -0.3 is 23.7 Å². The first-order valence-corrected chi connectivity index (χ1v) is 10.2. The van der Waals surface area contributed by atoms with E-state index in [-0.39, 0.29) is 0 Å². The van der Waals surface area contributed by atoms with Gasteiger partial charge in [0.05, 0.1) is 27.5 Å². The van der Waals surface area contributed by atoms with Crippen LogP contribution in [0.3, 0.4) is 0 Å². The van der Waals surface area contributed by atoms with E-state index in [1.807, 2.05) is 48.5 Å². The number of carbonyl (C=O) groups excluding carboxylic acids is 1. The van der Waals surface area contributed by atoms with Crippen LogP contribution < -0.4 is 29.1 Å². The van der Waals surface area contributed by atoms with Gasteiger partial charge in [0.2, 0.25) is 11.9 Å². The molecule has 4 rings (SSSR count). The van der Waals surface area contributed by atoms with Crippen molar-refractivity contribution in [3.63, 3.8) is 0 Å². The molecule has 1 amide bonds. The largest absolute Gasteiger partial charge is 0.493 e. The number of nitrogens with zero attached hydrogens (tertiary/aromatic N) is 1. The molecule has 1 aliphatic heterocycles. The molecule has 0 fully saturated rings. The Morgan fingerprint density at radius 1 is 0.879 bits per heavy atom. The number of hydrogen-bond acceptors (Lipinski definition) is 7. The Kier molecular flexibility index (Phi) is 6.64. The number of rotatable bonds is 7. The first-order valence-electron chi connectivity index (χ1n) is 10.2. The van der Waals surface area contributed by atoms with Crippen LogP contribution in [0.2, 0.25) is 0 Å². The summed E-state index contributed by atoms with van der Waals surface area (Å²) in [6.45, 7) is 0. The summed E-state index contributed by atoms with van der Waals surface area (Å²) in [5, 5.41) is 4.10. The van der Waals surface area contributed by atoms with E-state index in [4.69, 9.17) is 23.7 Å². The second-order valence-corrected chi connectivity index (χ2v) is 7.13. The number of hydrogen-bond donors (Lipinski definition) is 1. The zero-order valence-corrected chi connectivity index (χ0v) is 18.5. The van der Waals surface area contributed by atoms with Crippen molar-refractivity contribution in [2.24, 2.45) is 5.10 Å². The second-order valence-electron chi connectivity index (χ2n) is 7.13. The van der Waals surface area contributed by atoms with Gasteiger partial charge in [-0.2, -0.15) is 5.10 Å². The van der Waals surface area contributed by atoms with E-state index in [0.29, 0.717) is 34.3 Å². The zero-order valence-electron chi connectivity index (χ0n) is 18.5. The normalized spacial score (nSPS) is 16.8. The number of methoxy groups -OCH3 is 3. The Labute approximate surface area is 191 Å².